The van der Waals surface area contributed by atoms with E-state index >= 15 is 0 Å². The van der Waals surface area contributed by atoms with Gasteiger partial charge >= 0.3 is 0 Å². The Morgan fingerprint density at radius 1 is 1.04 bits per heavy atom. The van der Waals surface area contributed by atoms with E-state index in [9.17, 15) is 9.59 Å². The van der Waals surface area contributed by atoms with Crippen LogP contribution in [0.3, 0.4) is 0 Å². The van der Waals surface area contributed by atoms with E-state index < -0.39 is 0 Å². The van der Waals surface area contributed by atoms with Crippen molar-refractivity contribution < 1.29 is 14.3 Å². The number of methoxy groups -OCH3 is 1. The first-order valence-corrected chi connectivity index (χ1v) is 8.08. The number of anilines is 2. The smallest absolute Gasteiger partial charge is 0.239 e. The topological polar surface area (TPSA) is 79.5 Å². The summed E-state index contributed by atoms with van der Waals surface area (Å²) in [5.41, 5.74) is 2.57. The van der Waals surface area contributed by atoms with Gasteiger partial charge in [-0.15, -0.1) is 0 Å². The Hall–Kier alpha value is -3.02. The largest absolute Gasteiger partial charge is 0.497 e. The quantitative estimate of drug-likeness (QED) is 0.689. The van der Waals surface area contributed by atoms with Crippen LogP contribution >= 0.6 is 0 Å². The molecule has 6 nitrogen and oxygen atoms in total. The minimum atomic E-state index is -0.132. The van der Waals surface area contributed by atoms with E-state index in [1.165, 1.54) is 6.92 Å². The first-order valence-electron chi connectivity index (χ1n) is 8.08. The van der Waals surface area contributed by atoms with Gasteiger partial charge in [-0.1, -0.05) is 18.2 Å². The average molecular weight is 341 g/mol. The van der Waals surface area contributed by atoms with Crippen molar-refractivity contribution in [1.82, 2.24) is 5.32 Å². The summed E-state index contributed by atoms with van der Waals surface area (Å²) in [5.74, 6) is 0.588. The molecule has 0 fully saturated rings. The first kappa shape index (κ1) is 18.3. The van der Waals surface area contributed by atoms with Gasteiger partial charge in [0, 0.05) is 24.8 Å². The summed E-state index contributed by atoms with van der Waals surface area (Å²) < 4.78 is 5.18. The molecule has 2 aromatic rings. The standard InChI is InChI=1S/C19H23N3O3/c1-14(23)22-17-7-4-6-16(12-17)21-13-19(24)20-10-9-15-5-3-8-18(11-15)25-2/h3-8,11-12,21H,9-10,13H2,1-2H3,(H,20,24)(H,22,23). The summed E-state index contributed by atoms with van der Waals surface area (Å²) in [5, 5.41) is 8.62. The maximum atomic E-state index is 11.9. The Kier molecular flexibility index (Phi) is 6.83. The molecule has 3 N–H and O–H groups in total. The normalized spacial score (nSPS) is 10.0. The minimum Gasteiger partial charge on any atom is -0.497 e. The number of nitrogens with one attached hydrogen (secondary N) is 3. The van der Waals surface area contributed by atoms with Crippen LogP contribution in [0.15, 0.2) is 48.5 Å². The Labute approximate surface area is 147 Å². The van der Waals surface area contributed by atoms with E-state index in [-0.39, 0.29) is 18.4 Å². The highest BCUT2D eigenvalue weighted by atomic mass is 16.5. The Bertz CT molecular complexity index is 731. The SMILES string of the molecule is COc1cccc(CCNC(=O)CNc2cccc(NC(C)=O)c2)c1. The van der Waals surface area contributed by atoms with E-state index in [1.807, 2.05) is 36.4 Å². The maximum absolute atomic E-state index is 11.9. The molecule has 6 heteroatoms. The molecule has 2 aromatic carbocycles. The van der Waals surface area contributed by atoms with E-state index in [0.717, 1.165) is 23.4 Å². The monoisotopic (exact) mass is 341 g/mol. The Morgan fingerprint density at radius 3 is 2.56 bits per heavy atom. The molecule has 0 aliphatic rings. The molecule has 0 saturated heterocycles. The fourth-order valence-corrected chi connectivity index (χ4v) is 2.33. The molecule has 0 aliphatic carbocycles. The molecule has 0 aromatic heterocycles. The molecule has 0 atom stereocenters. The third kappa shape index (κ3) is 6.55. The Morgan fingerprint density at radius 2 is 1.80 bits per heavy atom. The van der Waals surface area contributed by atoms with E-state index in [2.05, 4.69) is 16.0 Å². The van der Waals surface area contributed by atoms with Gasteiger partial charge in [0.2, 0.25) is 11.8 Å². The summed E-state index contributed by atoms with van der Waals surface area (Å²) in [6.45, 7) is 2.18. The number of hydrogen-bond donors (Lipinski definition) is 3. The average Bonchev–Trinajstić information content (AvgIpc) is 2.60. The zero-order chi connectivity index (χ0) is 18.1. The summed E-state index contributed by atoms with van der Waals surface area (Å²) >= 11 is 0. The summed E-state index contributed by atoms with van der Waals surface area (Å²) in [4.78, 5) is 23.0. The van der Waals surface area contributed by atoms with Crippen molar-refractivity contribution in [3.8, 4) is 5.75 Å². The van der Waals surface area contributed by atoms with Crippen LogP contribution in [-0.2, 0) is 16.0 Å². The van der Waals surface area contributed by atoms with Gasteiger partial charge < -0.3 is 20.7 Å². The van der Waals surface area contributed by atoms with E-state index in [4.69, 9.17) is 4.74 Å². The van der Waals surface area contributed by atoms with Crippen LogP contribution in [0.5, 0.6) is 5.75 Å². The van der Waals surface area contributed by atoms with E-state index in [1.54, 1.807) is 19.2 Å². The van der Waals surface area contributed by atoms with Crippen LogP contribution in [0.2, 0.25) is 0 Å². The molecule has 0 saturated carbocycles. The van der Waals surface area contributed by atoms with Crippen LogP contribution in [0, 0.1) is 0 Å². The zero-order valence-electron chi connectivity index (χ0n) is 14.5. The number of amides is 2. The zero-order valence-corrected chi connectivity index (χ0v) is 14.5. The van der Waals surface area contributed by atoms with Crippen LogP contribution < -0.4 is 20.7 Å². The van der Waals surface area contributed by atoms with Crippen molar-refractivity contribution >= 4 is 23.2 Å². The summed E-state index contributed by atoms with van der Waals surface area (Å²) in [7, 11) is 1.63. The highest BCUT2D eigenvalue weighted by Crippen LogP contribution is 2.15. The van der Waals surface area contributed by atoms with Crippen LogP contribution in [0.25, 0.3) is 0 Å². The van der Waals surface area contributed by atoms with E-state index in [0.29, 0.717) is 12.2 Å². The molecule has 2 amide bonds. The first-order chi connectivity index (χ1) is 12.1. The fraction of sp³-hybridized carbons (Fsp3) is 0.263. The lowest BCUT2D eigenvalue weighted by Gasteiger charge is -2.10. The third-order valence-corrected chi connectivity index (χ3v) is 3.51. The number of carbonyl (C=O) groups is 2. The van der Waals surface area contributed by atoms with Gasteiger partial charge in [0.05, 0.1) is 13.7 Å². The van der Waals surface area contributed by atoms with Crippen LogP contribution in [0.1, 0.15) is 12.5 Å². The molecule has 2 rings (SSSR count). The second-order valence-electron chi connectivity index (χ2n) is 5.57. The Balaban J connectivity index is 1.74. The lowest BCUT2D eigenvalue weighted by molar-refractivity contribution is -0.119. The van der Waals surface area contributed by atoms with Gasteiger partial charge in [-0.05, 0) is 42.3 Å². The predicted octanol–water partition coefficient (Wildman–Crippen LogP) is 2.42. The van der Waals surface area contributed by atoms with Gasteiger partial charge in [-0.3, -0.25) is 9.59 Å². The molecule has 0 aliphatic heterocycles. The van der Waals surface area contributed by atoms with Crippen molar-refractivity contribution in [1.29, 1.82) is 0 Å². The highest BCUT2D eigenvalue weighted by Gasteiger charge is 2.03. The molecule has 0 bridgehead atoms. The lowest BCUT2D eigenvalue weighted by Crippen LogP contribution is -2.31. The third-order valence-electron chi connectivity index (χ3n) is 3.51. The molecule has 0 radical (unpaired) electrons. The molecular formula is C19H23N3O3. The molecule has 0 heterocycles. The van der Waals surface area contributed by atoms with Crippen molar-refractivity contribution in [3.63, 3.8) is 0 Å². The van der Waals surface area contributed by atoms with Gasteiger partial charge in [0.15, 0.2) is 0 Å². The van der Waals surface area contributed by atoms with Gasteiger partial charge in [0.25, 0.3) is 0 Å². The van der Waals surface area contributed by atoms with Gasteiger partial charge in [-0.2, -0.15) is 0 Å². The van der Waals surface area contributed by atoms with Gasteiger partial charge in [0.1, 0.15) is 5.75 Å². The number of ether oxygens (including phenoxy) is 1. The predicted molar refractivity (Wildman–Crippen MR) is 98.9 cm³/mol. The molecular weight excluding hydrogens is 318 g/mol. The summed E-state index contributed by atoms with van der Waals surface area (Å²) in [6.07, 6.45) is 0.737. The number of hydrogen-bond acceptors (Lipinski definition) is 4. The fourth-order valence-electron chi connectivity index (χ4n) is 2.33. The molecule has 25 heavy (non-hydrogen) atoms. The van der Waals surface area contributed by atoms with Crippen LogP contribution in [0.4, 0.5) is 11.4 Å². The van der Waals surface area contributed by atoms with Crippen molar-refractivity contribution in [2.75, 3.05) is 30.8 Å². The van der Waals surface area contributed by atoms with Crippen molar-refractivity contribution in [3.05, 3.63) is 54.1 Å². The number of benzene rings is 2. The number of carbonyl (C=O) groups excluding carboxylic acids is 2. The number of rotatable bonds is 8. The second kappa shape index (κ2) is 9.32. The molecule has 0 spiro atoms. The lowest BCUT2D eigenvalue weighted by atomic mass is 10.1. The van der Waals surface area contributed by atoms with Crippen LogP contribution in [-0.4, -0.2) is 32.0 Å². The van der Waals surface area contributed by atoms with Crippen molar-refractivity contribution in [2.45, 2.75) is 13.3 Å². The molecule has 0 unspecified atom stereocenters. The van der Waals surface area contributed by atoms with Crippen molar-refractivity contribution in [2.24, 2.45) is 0 Å². The minimum absolute atomic E-state index is 0.0900. The second-order valence-corrected chi connectivity index (χ2v) is 5.57. The van der Waals surface area contributed by atoms with Gasteiger partial charge in [-0.25, -0.2) is 0 Å². The maximum Gasteiger partial charge on any atom is 0.239 e. The summed E-state index contributed by atoms with van der Waals surface area (Å²) in [6, 6.07) is 15.0. The molecule has 132 valence electrons. The highest BCUT2D eigenvalue weighted by molar-refractivity contribution is 5.89.